The van der Waals surface area contributed by atoms with E-state index in [1.807, 2.05) is 11.5 Å². The number of benzene rings is 2. The molecule has 1 heterocycles. The monoisotopic (exact) mass is 541 g/mol. The van der Waals surface area contributed by atoms with E-state index in [0.29, 0.717) is 38.8 Å². The van der Waals surface area contributed by atoms with Gasteiger partial charge in [-0.15, -0.1) is 10.2 Å². The predicted molar refractivity (Wildman–Crippen MR) is 127 cm³/mol. The summed E-state index contributed by atoms with van der Waals surface area (Å²) < 4.78 is 2.62. The van der Waals surface area contributed by atoms with Crippen LogP contribution < -0.4 is 10.6 Å². The molecule has 2 N–H and O–H groups in total. The summed E-state index contributed by atoms with van der Waals surface area (Å²) in [5.41, 5.74) is 1.12. The lowest BCUT2D eigenvalue weighted by Crippen LogP contribution is -2.24. The molecule has 0 atom stereocenters. The Hall–Kier alpha value is -2.07. The van der Waals surface area contributed by atoms with Gasteiger partial charge < -0.3 is 15.2 Å². The number of rotatable bonds is 8. The standard InChI is InChI=1S/C20H18BrCl2N5O2S/c1-2-28-17(10-24-19(30)12-3-5-13(22)6-4-12)26-27-20(28)31-11-18(29)25-14-7-8-15(21)16(23)9-14/h3-9H,2,10-11H2,1H3,(H,24,30)(H,25,29). The van der Waals surface area contributed by atoms with Gasteiger partial charge in [0.15, 0.2) is 11.0 Å². The first kappa shape index (κ1) is 23.6. The van der Waals surface area contributed by atoms with E-state index in [1.54, 1.807) is 42.5 Å². The summed E-state index contributed by atoms with van der Waals surface area (Å²) in [6.45, 7) is 2.76. The number of carbonyl (C=O) groups excluding carboxylic acids is 2. The van der Waals surface area contributed by atoms with E-state index in [2.05, 4.69) is 36.8 Å². The zero-order chi connectivity index (χ0) is 22.4. The first-order chi connectivity index (χ1) is 14.9. The molecule has 0 unspecified atom stereocenters. The van der Waals surface area contributed by atoms with Crippen LogP contribution in [-0.4, -0.2) is 32.3 Å². The molecule has 2 aromatic carbocycles. The van der Waals surface area contributed by atoms with Crippen LogP contribution in [0.25, 0.3) is 0 Å². The zero-order valence-corrected chi connectivity index (χ0v) is 20.3. The van der Waals surface area contributed by atoms with E-state index in [-0.39, 0.29) is 24.1 Å². The maximum atomic E-state index is 12.3. The lowest BCUT2D eigenvalue weighted by molar-refractivity contribution is -0.113. The number of thioether (sulfide) groups is 1. The fourth-order valence-corrected chi connectivity index (χ4v) is 4.01. The van der Waals surface area contributed by atoms with E-state index in [9.17, 15) is 9.59 Å². The van der Waals surface area contributed by atoms with Crippen molar-refractivity contribution in [3.63, 3.8) is 0 Å². The summed E-state index contributed by atoms with van der Waals surface area (Å²) in [5.74, 6) is 0.339. The molecule has 0 spiro atoms. The number of amides is 2. The Bertz CT molecular complexity index is 1090. The zero-order valence-electron chi connectivity index (χ0n) is 16.4. The number of hydrogen-bond donors (Lipinski definition) is 2. The molecule has 0 radical (unpaired) electrons. The third kappa shape index (κ3) is 6.46. The Balaban J connectivity index is 1.56. The summed E-state index contributed by atoms with van der Waals surface area (Å²) in [6, 6.07) is 11.8. The van der Waals surface area contributed by atoms with Crippen molar-refractivity contribution in [2.45, 2.75) is 25.2 Å². The molecule has 11 heteroatoms. The smallest absolute Gasteiger partial charge is 0.251 e. The van der Waals surface area contributed by atoms with Crippen LogP contribution in [0.3, 0.4) is 0 Å². The highest BCUT2D eigenvalue weighted by Crippen LogP contribution is 2.26. The fraction of sp³-hybridized carbons (Fsp3) is 0.200. The fourth-order valence-electron chi connectivity index (χ4n) is 2.64. The van der Waals surface area contributed by atoms with Crippen LogP contribution in [0.1, 0.15) is 23.1 Å². The van der Waals surface area contributed by atoms with Crippen molar-refractivity contribution in [1.82, 2.24) is 20.1 Å². The SMILES string of the molecule is CCn1c(CNC(=O)c2ccc(Cl)cc2)nnc1SCC(=O)Nc1ccc(Br)c(Cl)c1. The van der Waals surface area contributed by atoms with Gasteiger partial charge in [0, 0.05) is 27.3 Å². The van der Waals surface area contributed by atoms with Crippen LogP contribution in [0, 0.1) is 0 Å². The van der Waals surface area contributed by atoms with E-state index in [4.69, 9.17) is 23.2 Å². The molecule has 2 amide bonds. The molecule has 31 heavy (non-hydrogen) atoms. The lowest BCUT2D eigenvalue weighted by Gasteiger charge is -2.09. The van der Waals surface area contributed by atoms with E-state index in [0.717, 1.165) is 4.47 Å². The minimum Gasteiger partial charge on any atom is -0.345 e. The number of hydrogen-bond acceptors (Lipinski definition) is 5. The molecule has 0 saturated heterocycles. The van der Waals surface area contributed by atoms with E-state index >= 15 is 0 Å². The van der Waals surface area contributed by atoms with Gasteiger partial charge in [0.05, 0.1) is 17.3 Å². The van der Waals surface area contributed by atoms with Crippen LogP contribution >= 0.6 is 50.9 Å². The Morgan fingerprint density at radius 2 is 1.87 bits per heavy atom. The minimum atomic E-state index is -0.232. The number of nitrogens with one attached hydrogen (secondary N) is 2. The molecule has 162 valence electrons. The first-order valence-electron chi connectivity index (χ1n) is 9.21. The molecule has 1 aromatic heterocycles. The van der Waals surface area contributed by atoms with Gasteiger partial charge in [-0.3, -0.25) is 9.59 Å². The summed E-state index contributed by atoms with van der Waals surface area (Å²) in [4.78, 5) is 24.6. The number of nitrogens with zero attached hydrogens (tertiary/aromatic N) is 3. The third-order valence-electron chi connectivity index (χ3n) is 4.16. The molecule has 0 fully saturated rings. The molecule has 3 aromatic rings. The molecular formula is C20H18BrCl2N5O2S. The van der Waals surface area contributed by atoms with Crippen LogP contribution in [0.5, 0.6) is 0 Å². The van der Waals surface area contributed by atoms with Gasteiger partial charge in [0.2, 0.25) is 5.91 Å². The van der Waals surface area contributed by atoms with Gasteiger partial charge in [0.1, 0.15) is 0 Å². The predicted octanol–water partition coefficient (Wildman–Crippen LogP) is 5.03. The van der Waals surface area contributed by atoms with Gasteiger partial charge in [-0.2, -0.15) is 0 Å². The summed E-state index contributed by atoms with van der Waals surface area (Å²) in [7, 11) is 0. The lowest BCUT2D eigenvalue weighted by atomic mass is 10.2. The van der Waals surface area contributed by atoms with Crippen LogP contribution in [-0.2, 0) is 17.9 Å². The maximum absolute atomic E-state index is 12.3. The Labute approximate surface area is 202 Å². The summed E-state index contributed by atoms with van der Waals surface area (Å²) in [6.07, 6.45) is 0. The Morgan fingerprint density at radius 1 is 1.13 bits per heavy atom. The largest absolute Gasteiger partial charge is 0.345 e. The quantitative estimate of drug-likeness (QED) is 0.390. The molecule has 0 bridgehead atoms. The number of halogens is 3. The van der Waals surface area contributed by atoms with E-state index < -0.39 is 0 Å². The van der Waals surface area contributed by atoms with Crippen LogP contribution in [0.2, 0.25) is 10.0 Å². The molecule has 0 aliphatic heterocycles. The average Bonchev–Trinajstić information content (AvgIpc) is 3.15. The van der Waals surface area contributed by atoms with Crippen LogP contribution in [0.4, 0.5) is 5.69 Å². The van der Waals surface area contributed by atoms with Gasteiger partial charge in [-0.05, 0) is 65.3 Å². The van der Waals surface area contributed by atoms with Gasteiger partial charge >= 0.3 is 0 Å². The number of aromatic nitrogens is 3. The Morgan fingerprint density at radius 3 is 2.55 bits per heavy atom. The van der Waals surface area contributed by atoms with Crippen molar-refractivity contribution in [3.05, 3.63) is 68.4 Å². The van der Waals surface area contributed by atoms with Crippen molar-refractivity contribution < 1.29 is 9.59 Å². The average molecular weight is 543 g/mol. The Kier molecular flexibility index (Phi) is 8.36. The van der Waals surface area contributed by atoms with Crippen molar-refractivity contribution in [1.29, 1.82) is 0 Å². The van der Waals surface area contributed by atoms with Crippen molar-refractivity contribution in [2.24, 2.45) is 0 Å². The van der Waals surface area contributed by atoms with Gasteiger partial charge in [-0.25, -0.2) is 0 Å². The highest BCUT2D eigenvalue weighted by Gasteiger charge is 2.15. The van der Waals surface area contributed by atoms with Crippen molar-refractivity contribution >= 4 is 68.4 Å². The summed E-state index contributed by atoms with van der Waals surface area (Å²) >= 11 is 16.5. The molecule has 0 aliphatic rings. The molecular weight excluding hydrogens is 525 g/mol. The maximum Gasteiger partial charge on any atom is 0.251 e. The molecule has 0 saturated carbocycles. The number of carbonyl (C=O) groups is 2. The normalized spacial score (nSPS) is 10.7. The topological polar surface area (TPSA) is 88.9 Å². The number of anilines is 1. The second-order valence-corrected chi connectivity index (χ2v) is 8.94. The van der Waals surface area contributed by atoms with E-state index in [1.165, 1.54) is 11.8 Å². The first-order valence-corrected chi connectivity index (χ1v) is 11.7. The molecule has 0 aliphatic carbocycles. The minimum absolute atomic E-state index is 0.156. The van der Waals surface area contributed by atoms with Crippen LogP contribution in [0.15, 0.2) is 52.1 Å². The third-order valence-corrected chi connectivity index (χ3v) is 6.61. The molecule has 3 rings (SSSR count). The highest BCUT2D eigenvalue weighted by molar-refractivity contribution is 9.10. The van der Waals surface area contributed by atoms with Crippen molar-refractivity contribution in [2.75, 3.05) is 11.1 Å². The summed E-state index contributed by atoms with van der Waals surface area (Å²) in [5, 5.41) is 15.6. The van der Waals surface area contributed by atoms with Gasteiger partial charge in [0.25, 0.3) is 5.91 Å². The second-order valence-electron chi connectivity index (χ2n) is 6.30. The van der Waals surface area contributed by atoms with Gasteiger partial charge in [-0.1, -0.05) is 35.0 Å². The highest BCUT2D eigenvalue weighted by atomic mass is 79.9. The van der Waals surface area contributed by atoms with Crippen molar-refractivity contribution in [3.8, 4) is 0 Å². The second kappa shape index (κ2) is 11.0. The molecule has 7 nitrogen and oxygen atoms in total.